The van der Waals surface area contributed by atoms with Crippen molar-refractivity contribution in [2.75, 3.05) is 24.7 Å². The summed E-state index contributed by atoms with van der Waals surface area (Å²) in [6.07, 6.45) is 2.45. The van der Waals surface area contributed by atoms with Crippen molar-refractivity contribution >= 4 is 34.6 Å². The van der Waals surface area contributed by atoms with Crippen LogP contribution in [0, 0.1) is 12.8 Å². The van der Waals surface area contributed by atoms with Crippen molar-refractivity contribution in [2.24, 2.45) is 10.9 Å². The maximum absolute atomic E-state index is 13.2. The summed E-state index contributed by atoms with van der Waals surface area (Å²) in [6, 6.07) is 13.6. The average molecular weight is 382 g/mol. The molecule has 27 heavy (non-hydrogen) atoms. The minimum atomic E-state index is -0.0360. The molecule has 0 N–H and O–H groups in total. The molecule has 2 aliphatic heterocycles. The number of hydrogen-bond acceptors (Lipinski definition) is 3. The van der Waals surface area contributed by atoms with E-state index in [1.54, 1.807) is 0 Å². The van der Waals surface area contributed by atoms with Crippen LogP contribution < -0.4 is 4.90 Å². The van der Waals surface area contributed by atoms with Crippen LogP contribution in [0.25, 0.3) is 0 Å². The molecule has 1 saturated heterocycles. The van der Waals surface area contributed by atoms with Gasteiger partial charge in [0, 0.05) is 17.1 Å². The molecule has 0 spiro atoms. The van der Waals surface area contributed by atoms with Crippen molar-refractivity contribution in [2.45, 2.75) is 26.7 Å². The van der Waals surface area contributed by atoms with Crippen LogP contribution in [0.2, 0.25) is 5.02 Å². The highest BCUT2D eigenvalue weighted by Crippen LogP contribution is 2.32. The number of piperidine rings is 1. The van der Waals surface area contributed by atoms with Crippen LogP contribution in [0.4, 0.5) is 11.4 Å². The van der Waals surface area contributed by atoms with Gasteiger partial charge >= 0.3 is 0 Å². The Morgan fingerprint density at radius 2 is 2.04 bits per heavy atom. The molecule has 0 radical (unpaired) electrons. The molecule has 0 aliphatic carbocycles. The maximum Gasteiger partial charge on any atom is 0.278 e. The fourth-order valence-corrected chi connectivity index (χ4v) is 4.08. The van der Waals surface area contributed by atoms with Gasteiger partial charge in [0.05, 0.1) is 18.0 Å². The zero-order chi connectivity index (χ0) is 19.0. The highest BCUT2D eigenvalue weighted by atomic mass is 35.5. The van der Waals surface area contributed by atoms with Gasteiger partial charge in [-0.3, -0.25) is 14.6 Å². The van der Waals surface area contributed by atoms with Crippen LogP contribution in [-0.2, 0) is 4.79 Å². The van der Waals surface area contributed by atoms with Crippen LogP contribution in [0.15, 0.2) is 47.5 Å². The van der Waals surface area contributed by atoms with E-state index in [0.717, 1.165) is 29.9 Å². The van der Waals surface area contributed by atoms with Crippen LogP contribution in [0.3, 0.4) is 0 Å². The normalized spacial score (nSPS) is 21.7. The van der Waals surface area contributed by atoms with Crippen molar-refractivity contribution in [1.29, 1.82) is 0 Å². The Labute approximate surface area is 165 Å². The van der Waals surface area contributed by atoms with Crippen LogP contribution in [-0.4, -0.2) is 36.3 Å². The maximum atomic E-state index is 13.2. The van der Waals surface area contributed by atoms with Crippen molar-refractivity contribution in [3.05, 3.63) is 58.6 Å². The summed E-state index contributed by atoms with van der Waals surface area (Å²) in [5, 5.41) is 0.662. The molecule has 4 rings (SSSR count). The summed E-state index contributed by atoms with van der Waals surface area (Å²) < 4.78 is 0. The summed E-state index contributed by atoms with van der Waals surface area (Å²) in [6.45, 7) is 6.92. The largest absolute Gasteiger partial charge is 0.293 e. The van der Waals surface area contributed by atoms with Gasteiger partial charge in [0.2, 0.25) is 0 Å². The summed E-state index contributed by atoms with van der Waals surface area (Å²) in [5.74, 6) is 0.640. The number of amides is 1. The third kappa shape index (κ3) is 3.64. The lowest BCUT2D eigenvalue weighted by Crippen LogP contribution is -2.45. The highest BCUT2D eigenvalue weighted by Gasteiger charge is 2.35. The number of halogens is 1. The first kappa shape index (κ1) is 18.2. The lowest BCUT2D eigenvalue weighted by Gasteiger charge is -2.33. The molecule has 140 valence electrons. The fraction of sp³-hybridized carbons (Fsp3) is 0.364. The number of anilines is 1. The molecule has 4 nitrogen and oxygen atoms in total. The van der Waals surface area contributed by atoms with Crippen LogP contribution in [0.1, 0.15) is 30.9 Å². The predicted octanol–water partition coefficient (Wildman–Crippen LogP) is 4.81. The Morgan fingerprint density at radius 3 is 2.81 bits per heavy atom. The van der Waals surface area contributed by atoms with E-state index in [1.165, 1.54) is 12.8 Å². The number of carbonyl (C=O) groups excluding carboxylic acids is 1. The van der Waals surface area contributed by atoms with E-state index in [-0.39, 0.29) is 5.91 Å². The van der Waals surface area contributed by atoms with E-state index in [4.69, 9.17) is 11.6 Å². The lowest BCUT2D eigenvalue weighted by molar-refractivity contribution is -0.112. The number of fused-ring (bicyclic) bond motifs is 1. The van der Waals surface area contributed by atoms with Gasteiger partial charge in [-0.25, -0.2) is 4.99 Å². The fourth-order valence-electron chi connectivity index (χ4n) is 3.91. The molecule has 1 fully saturated rings. The van der Waals surface area contributed by atoms with Crippen LogP contribution in [0.5, 0.6) is 0 Å². The highest BCUT2D eigenvalue weighted by molar-refractivity contribution is 6.54. The minimum Gasteiger partial charge on any atom is -0.293 e. The quantitative estimate of drug-likeness (QED) is 0.765. The second-order valence-corrected chi connectivity index (χ2v) is 8.02. The zero-order valence-corrected chi connectivity index (χ0v) is 16.5. The van der Waals surface area contributed by atoms with E-state index in [1.807, 2.05) is 54.3 Å². The monoisotopic (exact) mass is 381 g/mol. The van der Waals surface area contributed by atoms with E-state index in [0.29, 0.717) is 29.0 Å². The molecule has 2 aromatic rings. The number of aryl methyl sites for hydroxylation is 1. The summed E-state index contributed by atoms with van der Waals surface area (Å²) in [7, 11) is 0. The molecule has 2 heterocycles. The van der Waals surface area contributed by atoms with Gasteiger partial charge in [-0.15, -0.1) is 0 Å². The van der Waals surface area contributed by atoms with Gasteiger partial charge < -0.3 is 0 Å². The SMILES string of the molecule is Cc1ccc(N=C2C(=O)N(CN3CCC[C@H](C)C3)c3ccccc32)cc1Cl. The number of hydrogen-bond donors (Lipinski definition) is 0. The first-order valence-corrected chi connectivity index (χ1v) is 9.89. The van der Waals surface area contributed by atoms with Crippen molar-refractivity contribution in [1.82, 2.24) is 4.90 Å². The van der Waals surface area contributed by atoms with Gasteiger partial charge in [-0.2, -0.15) is 0 Å². The topological polar surface area (TPSA) is 35.9 Å². The number of carbonyl (C=O) groups is 1. The summed E-state index contributed by atoms with van der Waals surface area (Å²) >= 11 is 6.24. The predicted molar refractivity (Wildman–Crippen MR) is 111 cm³/mol. The molecule has 2 aliphatic rings. The van der Waals surface area contributed by atoms with Crippen molar-refractivity contribution < 1.29 is 4.79 Å². The number of rotatable bonds is 3. The van der Waals surface area contributed by atoms with E-state index in [2.05, 4.69) is 16.8 Å². The van der Waals surface area contributed by atoms with E-state index < -0.39 is 0 Å². The molecule has 0 unspecified atom stereocenters. The first-order chi connectivity index (χ1) is 13.0. The smallest absolute Gasteiger partial charge is 0.278 e. The molecular formula is C22H24ClN3O. The molecule has 0 bridgehead atoms. The van der Waals surface area contributed by atoms with Gasteiger partial charge in [0.1, 0.15) is 5.71 Å². The molecule has 1 atom stereocenters. The van der Waals surface area contributed by atoms with E-state index >= 15 is 0 Å². The standard InChI is InChI=1S/C22H24ClN3O/c1-15-6-5-11-25(13-15)14-26-20-8-4-3-7-18(20)21(22(26)27)24-17-10-9-16(2)19(23)12-17/h3-4,7-10,12,15H,5-6,11,13-14H2,1-2H3/t15-/m0/s1. The molecule has 0 saturated carbocycles. The Morgan fingerprint density at radius 1 is 1.22 bits per heavy atom. The van der Waals surface area contributed by atoms with Crippen molar-refractivity contribution in [3.8, 4) is 0 Å². The number of likely N-dealkylation sites (tertiary alicyclic amines) is 1. The van der Waals surface area contributed by atoms with Gasteiger partial charge in [0.15, 0.2) is 0 Å². The van der Waals surface area contributed by atoms with Gasteiger partial charge in [0.25, 0.3) is 5.91 Å². The second kappa shape index (κ2) is 7.45. The lowest BCUT2D eigenvalue weighted by atomic mass is 10.0. The third-order valence-electron chi connectivity index (χ3n) is 5.38. The number of nitrogens with zero attached hydrogens (tertiary/aromatic N) is 3. The van der Waals surface area contributed by atoms with Crippen LogP contribution >= 0.6 is 11.6 Å². The Kier molecular flexibility index (Phi) is 5.02. The Balaban J connectivity index is 1.67. The zero-order valence-electron chi connectivity index (χ0n) is 15.8. The Bertz CT molecular complexity index is 908. The molecule has 1 amide bonds. The third-order valence-corrected chi connectivity index (χ3v) is 5.78. The minimum absolute atomic E-state index is 0.0360. The molecule has 5 heteroatoms. The number of benzene rings is 2. The summed E-state index contributed by atoms with van der Waals surface area (Å²) in [5.41, 5.74) is 4.04. The second-order valence-electron chi connectivity index (χ2n) is 7.61. The molecule has 2 aromatic carbocycles. The van der Waals surface area contributed by atoms with Gasteiger partial charge in [-0.05, 0) is 56.0 Å². The first-order valence-electron chi connectivity index (χ1n) is 9.51. The molecular weight excluding hydrogens is 358 g/mol. The average Bonchev–Trinajstić information content (AvgIpc) is 2.91. The van der Waals surface area contributed by atoms with E-state index in [9.17, 15) is 4.79 Å². The van der Waals surface area contributed by atoms with Gasteiger partial charge in [-0.1, -0.05) is 42.8 Å². The summed E-state index contributed by atoms with van der Waals surface area (Å²) in [4.78, 5) is 22.1. The molecule has 0 aromatic heterocycles. The van der Waals surface area contributed by atoms with Crippen molar-refractivity contribution in [3.63, 3.8) is 0 Å². The Hall–Kier alpha value is -2.17. The number of para-hydroxylation sites is 1. The number of aliphatic imine (C=N–C) groups is 1.